The number of H-pyrrole nitrogens is 1. The highest BCUT2D eigenvalue weighted by atomic mass is 16.5. The van der Waals surface area contributed by atoms with Crippen LogP contribution in [0, 0.1) is 12.8 Å². The van der Waals surface area contributed by atoms with Crippen molar-refractivity contribution in [1.82, 2.24) is 24.6 Å². The van der Waals surface area contributed by atoms with E-state index in [0.29, 0.717) is 12.3 Å². The number of aromatic amines is 1. The number of hydrogen-bond acceptors (Lipinski definition) is 5. The van der Waals surface area contributed by atoms with Crippen molar-refractivity contribution < 1.29 is 9.53 Å². The number of rotatable bonds is 7. The molecular formula is C20H29N5O2. The van der Waals surface area contributed by atoms with Gasteiger partial charge in [0, 0.05) is 56.0 Å². The van der Waals surface area contributed by atoms with Crippen LogP contribution in [0.5, 0.6) is 0 Å². The Labute approximate surface area is 160 Å². The van der Waals surface area contributed by atoms with Gasteiger partial charge in [0.25, 0.3) is 0 Å². The topological polar surface area (TPSA) is 76.0 Å². The van der Waals surface area contributed by atoms with E-state index in [0.717, 1.165) is 67.7 Å². The lowest BCUT2D eigenvalue weighted by atomic mass is 10.0. The molecule has 1 fully saturated rings. The maximum absolute atomic E-state index is 12.5. The molecule has 1 saturated carbocycles. The molecule has 3 heterocycles. The van der Waals surface area contributed by atoms with Crippen molar-refractivity contribution in [2.24, 2.45) is 5.92 Å². The highest BCUT2D eigenvalue weighted by molar-refractivity contribution is 5.89. The lowest BCUT2D eigenvalue weighted by Gasteiger charge is -2.27. The van der Waals surface area contributed by atoms with Crippen LogP contribution >= 0.6 is 0 Å². The molecule has 1 N–H and O–H groups in total. The third kappa shape index (κ3) is 3.78. The van der Waals surface area contributed by atoms with Crippen molar-refractivity contribution in [2.45, 2.75) is 66.1 Å². The molecule has 0 radical (unpaired) electrons. The zero-order valence-electron chi connectivity index (χ0n) is 16.5. The Kier molecular flexibility index (Phi) is 5.04. The maximum atomic E-state index is 12.5. The highest BCUT2D eigenvalue weighted by Gasteiger charge is 2.31. The first kappa shape index (κ1) is 18.2. The third-order valence-electron chi connectivity index (χ3n) is 5.55. The van der Waals surface area contributed by atoms with Crippen LogP contribution < -0.4 is 0 Å². The molecule has 0 aromatic carbocycles. The van der Waals surface area contributed by atoms with E-state index in [9.17, 15) is 4.79 Å². The predicted molar refractivity (Wildman–Crippen MR) is 101 cm³/mol. The molecule has 0 unspecified atom stereocenters. The molecule has 1 aliphatic carbocycles. The van der Waals surface area contributed by atoms with Gasteiger partial charge in [-0.25, -0.2) is 9.78 Å². The van der Waals surface area contributed by atoms with Gasteiger partial charge >= 0.3 is 5.97 Å². The van der Waals surface area contributed by atoms with Gasteiger partial charge in [-0.15, -0.1) is 0 Å². The van der Waals surface area contributed by atoms with E-state index in [-0.39, 0.29) is 5.97 Å². The number of hydrogen-bond donors (Lipinski definition) is 1. The summed E-state index contributed by atoms with van der Waals surface area (Å²) in [4.78, 5) is 22.9. The summed E-state index contributed by atoms with van der Waals surface area (Å²) in [7, 11) is 0. The fraction of sp³-hybridized carbons (Fsp3) is 0.650. The zero-order chi connectivity index (χ0) is 19.0. The Balaban J connectivity index is 1.56. The van der Waals surface area contributed by atoms with Crippen LogP contribution in [0.25, 0.3) is 0 Å². The van der Waals surface area contributed by atoms with E-state index in [1.807, 2.05) is 6.92 Å². The van der Waals surface area contributed by atoms with Gasteiger partial charge < -0.3 is 9.72 Å². The zero-order valence-corrected chi connectivity index (χ0v) is 16.5. The second-order valence-corrected chi connectivity index (χ2v) is 7.69. The molecule has 0 atom stereocenters. The fourth-order valence-corrected chi connectivity index (χ4v) is 3.84. The minimum Gasteiger partial charge on any atom is -0.461 e. The Bertz CT molecular complexity index is 834. The van der Waals surface area contributed by atoms with Crippen molar-refractivity contribution in [1.29, 1.82) is 0 Å². The van der Waals surface area contributed by atoms with Crippen molar-refractivity contribution in [3.8, 4) is 0 Å². The van der Waals surface area contributed by atoms with Crippen molar-refractivity contribution in [2.75, 3.05) is 13.2 Å². The summed E-state index contributed by atoms with van der Waals surface area (Å²) >= 11 is 0. The number of nitrogens with zero attached hydrogens (tertiary/aromatic N) is 4. The van der Waals surface area contributed by atoms with Crippen LogP contribution in [0.3, 0.4) is 0 Å². The smallest absolute Gasteiger partial charge is 0.359 e. The summed E-state index contributed by atoms with van der Waals surface area (Å²) in [5.74, 6) is 1.46. The molecule has 7 heteroatoms. The number of aryl methyl sites for hydroxylation is 2. The molecule has 27 heavy (non-hydrogen) atoms. The molecule has 2 aromatic heterocycles. The second-order valence-electron chi connectivity index (χ2n) is 7.69. The fourth-order valence-electron chi connectivity index (χ4n) is 3.84. The van der Waals surface area contributed by atoms with E-state index in [1.54, 1.807) is 0 Å². The van der Waals surface area contributed by atoms with Gasteiger partial charge in [-0.05, 0) is 32.6 Å². The largest absolute Gasteiger partial charge is 0.461 e. The minimum absolute atomic E-state index is 0.297. The molecule has 0 spiro atoms. The van der Waals surface area contributed by atoms with Crippen molar-refractivity contribution in [3.05, 3.63) is 34.2 Å². The number of carbonyl (C=O) groups is 1. The first-order chi connectivity index (χ1) is 13.1. The molecule has 0 amide bonds. The summed E-state index contributed by atoms with van der Waals surface area (Å²) in [5, 5.41) is 4.66. The Morgan fingerprint density at radius 3 is 2.81 bits per heavy atom. The van der Waals surface area contributed by atoms with Crippen LogP contribution in [-0.2, 0) is 37.2 Å². The van der Waals surface area contributed by atoms with Gasteiger partial charge in [0.15, 0.2) is 5.69 Å². The Morgan fingerprint density at radius 1 is 1.33 bits per heavy atom. The summed E-state index contributed by atoms with van der Waals surface area (Å²) in [5.41, 5.74) is 5.00. The highest BCUT2D eigenvalue weighted by Crippen LogP contribution is 2.33. The van der Waals surface area contributed by atoms with Gasteiger partial charge in [-0.2, -0.15) is 5.10 Å². The quantitative estimate of drug-likeness (QED) is 0.757. The van der Waals surface area contributed by atoms with E-state index in [4.69, 9.17) is 9.72 Å². The first-order valence-corrected chi connectivity index (χ1v) is 10.1. The number of aromatic nitrogens is 4. The predicted octanol–water partition coefficient (Wildman–Crippen LogP) is 2.62. The summed E-state index contributed by atoms with van der Waals surface area (Å²) in [6.07, 6.45) is 4.37. The number of nitrogens with one attached hydrogen (secondary N) is 1. The molecule has 2 aromatic rings. The molecule has 146 valence electrons. The van der Waals surface area contributed by atoms with Gasteiger partial charge in [-0.3, -0.25) is 9.58 Å². The normalized spacial score (nSPS) is 17.1. The van der Waals surface area contributed by atoms with Crippen LogP contribution in [0.4, 0.5) is 0 Å². The van der Waals surface area contributed by atoms with E-state index < -0.39 is 0 Å². The van der Waals surface area contributed by atoms with Crippen LogP contribution in [0.2, 0.25) is 0 Å². The number of ether oxygens (including phenoxy) is 1. The van der Waals surface area contributed by atoms with Gasteiger partial charge in [0.2, 0.25) is 0 Å². The van der Waals surface area contributed by atoms with E-state index in [2.05, 4.69) is 33.5 Å². The number of imidazole rings is 1. The minimum atomic E-state index is -0.297. The van der Waals surface area contributed by atoms with Crippen molar-refractivity contribution in [3.63, 3.8) is 0 Å². The lowest BCUT2D eigenvalue weighted by Crippen LogP contribution is -2.31. The van der Waals surface area contributed by atoms with Crippen molar-refractivity contribution >= 4 is 5.97 Å². The third-order valence-corrected chi connectivity index (χ3v) is 5.55. The number of carbonyl (C=O) groups excluding carboxylic acids is 1. The molecule has 1 aliphatic heterocycles. The average molecular weight is 371 g/mol. The van der Waals surface area contributed by atoms with Crippen LogP contribution in [-0.4, -0.2) is 43.8 Å². The molecule has 4 rings (SSSR count). The van der Waals surface area contributed by atoms with Crippen LogP contribution in [0.15, 0.2) is 0 Å². The van der Waals surface area contributed by atoms with Gasteiger partial charge in [0.05, 0.1) is 12.3 Å². The monoisotopic (exact) mass is 371 g/mol. The van der Waals surface area contributed by atoms with E-state index in [1.165, 1.54) is 18.5 Å². The standard InChI is InChI=1S/C20H29N5O2/c1-4-18-21-13(3)16(22-18)12-24-9-8-17-15(11-24)19(20(26)27-5-2)23-25(17)10-14-6-7-14/h14H,4-12H2,1-3H3,(H,21,22). The molecule has 7 nitrogen and oxygen atoms in total. The Morgan fingerprint density at radius 2 is 2.15 bits per heavy atom. The molecule has 0 bridgehead atoms. The molecular weight excluding hydrogens is 342 g/mol. The van der Waals surface area contributed by atoms with Gasteiger partial charge in [0.1, 0.15) is 5.82 Å². The SMILES string of the molecule is CCOC(=O)c1nn(CC2CC2)c2c1CN(Cc1nc(CC)[nH]c1C)CC2. The molecule has 0 saturated heterocycles. The van der Waals surface area contributed by atoms with E-state index >= 15 is 0 Å². The summed E-state index contributed by atoms with van der Waals surface area (Å²) in [6.45, 7) is 9.80. The molecule has 2 aliphatic rings. The van der Waals surface area contributed by atoms with Crippen LogP contribution in [0.1, 0.15) is 65.6 Å². The maximum Gasteiger partial charge on any atom is 0.359 e. The summed E-state index contributed by atoms with van der Waals surface area (Å²) < 4.78 is 7.34. The number of esters is 1. The first-order valence-electron chi connectivity index (χ1n) is 10.1. The number of fused-ring (bicyclic) bond motifs is 1. The average Bonchev–Trinajstić information content (AvgIpc) is 3.30. The summed E-state index contributed by atoms with van der Waals surface area (Å²) in [6, 6.07) is 0. The Hall–Kier alpha value is -2.15. The second kappa shape index (κ2) is 7.46. The van der Waals surface area contributed by atoms with Gasteiger partial charge in [-0.1, -0.05) is 6.92 Å². The lowest BCUT2D eigenvalue weighted by molar-refractivity contribution is 0.0515.